The zero-order valence-electron chi connectivity index (χ0n) is 27.9. The van der Waals surface area contributed by atoms with Gasteiger partial charge in [0, 0.05) is 40.3 Å². The lowest BCUT2D eigenvalue weighted by atomic mass is 9.80. The Hall–Kier alpha value is -6.16. The number of carbonyl (C=O) groups is 1. The number of nitrogens with one attached hydrogen (secondary N) is 1. The van der Waals surface area contributed by atoms with E-state index in [0.29, 0.717) is 63.8 Å². The maximum absolute atomic E-state index is 14.5. The molecule has 2 aliphatic rings. The van der Waals surface area contributed by atoms with Crippen LogP contribution < -0.4 is 34.4 Å². The summed E-state index contributed by atoms with van der Waals surface area (Å²) in [6, 6.07) is 23.3. The second-order valence-corrected chi connectivity index (χ2v) is 12.1. The van der Waals surface area contributed by atoms with E-state index in [4.69, 9.17) is 23.7 Å². The van der Waals surface area contributed by atoms with Crippen molar-refractivity contribution in [1.82, 2.24) is 5.32 Å². The van der Waals surface area contributed by atoms with Crippen LogP contribution in [-0.4, -0.2) is 44.6 Å². The van der Waals surface area contributed by atoms with Crippen LogP contribution in [0.15, 0.2) is 89.7 Å². The number of amides is 1. The fourth-order valence-corrected chi connectivity index (χ4v) is 7.13. The van der Waals surface area contributed by atoms with Gasteiger partial charge in [-0.1, -0.05) is 36.4 Å². The molecule has 10 nitrogen and oxygen atoms in total. The number of phenols is 2. The average molecular weight is 674 g/mol. The van der Waals surface area contributed by atoms with Gasteiger partial charge < -0.3 is 39.2 Å². The summed E-state index contributed by atoms with van der Waals surface area (Å²) >= 11 is 0. The minimum atomic E-state index is -0.590. The molecule has 5 aromatic rings. The average Bonchev–Trinajstić information content (AvgIpc) is 3.37. The van der Waals surface area contributed by atoms with Gasteiger partial charge in [-0.05, 0) is 71.5 Å². The van der Waals surface area contributed by atoms with Gasteiger partial charge in [0.15, 0.2) is 17.2 Å². The number of fused-ring (bicyclic) bond motifs is 5. The van der Waals surface area contributed by atoms with Gasteiger partial charge in [0.05, 0.1) is 34.5 Å². The van der Waals surface area contributed by atoms with Crippen molar-refractivity contribution in [2.45, 2.75) is 24.8 Å². The largest absolute Gasteiger partial charge is 0.508 e. The molecule has 0 aromatic heterocycles. The monoisotopic (exact) mass is 673 g/mol. The van der Waals surface area contributed by atoms with E-state index in [1.807, 2.05) is 24.3 Å². The quantitative estimate of drug-likeness (QED) is 0.166. The van der Waals surface area contributed by atoms with Crippen LogP contribution in [0.1, 0.15) is 56.6 Å². The summed E-state index contributed by atoms with van der Waals surface area (Å²) in [6.07, 6.45) is 0.982. The molecular weight excluding hydrogens is 638 g/mol. The number of ether oxygens (including phenoxy) is 5. The number of methoxy groups -OCH3 is 4. The standard InChI is InChI=1S/C40H35NO9/c1-46-32-16-14-25-29(20-31(32)44)30(15-9-21-17-35(47-2)38(48-3)39(49-4)36(21)25)41-40(45)26-8-6-5-7-24(26)37-27-12-10-22(42)18-33(27)50-34-19-23(43)11-13-28(34)37/h5-8,10-14,16-20,30,37,42-43H,9,15H2,1-4H3,(H,41,45). The Balaban J connectivity index is 1.36. The van der Waals surface area contributed by atoms with Gasteiger partial charge in [-0.25, -0.2) is 0 Å². The van der Waals surface area contributed by atoms with Crippen molar-refractivity contribution in [2.75, 3.05) is 28.4 Å². The second kappa shape index (κ2) is 13.0. The van der Waals surface area contributed by atoms with Crippen LogP contribution in [0.2, 0.25) is 0 Å². The summed E-state index contributed by atoms with van der Waals surface area (Å²) < 4.78 is 28.8. The number of carbonyl (C=O) groups excluding carboxylic acids is 1. The topological polar surface area (TPSA) is 133 Å². The Bertz CT molecular complexity index is 2160. The SMILES string of the molecule is COc1cc2c(c(OC)c1OC)-c1ccc(OC)c(=O)cc1C(NC(=O)c1ccccc1C1c3ccc(O)cc3Oc3cc(O)ccc31)CC2. The van der Waals surface area contributed by atoms with Gasteiger partial charge >= 0.3 is 0 Å². The molecule has 1 heterocycles. The van der Waals surface area contributed by atoms with Crippen molar-refractivity contribution in [1.29, 1.82) is 0 Å². The third-order valence-corrected chi connectivity index (χ3v) is 9.38. The van der Waals surface area contributed by atoms with Crippen molar-refractivity contribution < 1.29 is 38.7 Å². The van der Waals surface area contributed by atoms with Crippen LogP contribution in [0.25, 0.3) is 11.1 Å². The van der Waals surface area contributed by atoms with Crippen molar-refractivity contribution in [2.24, 2.45) is 0 Å². The fraction of sp³-hybridized carbons (Fsp3) is 0.200. The van der Waals surface area contributed by atoms with E-state index in [9.17, 15) is 19.8 Å². The smallest absolute Gasteiger partial charge is 0.252 e. The van der Waals surface area contributed by atoms with E-state index in [1.54, 1.807) is 56.7 Å². The summed E-state index contributed by atoms with van der Waals surface area (Å²) in [5.41, 5.74) is 5.20. The van der Waals surface area contributed by atoms with Crippen LogP contribution in [-0.2, 0) is 6.42 Å². The molecular formula is C40H35NO9. The summed E-state index contributed by atoms with van der Waals surface area (Å²) in [5.74, 6) is 1.61. The van der Waals surface area contributed by atoms with E-state index < -0.39 is 12.0 Å². The van der Waals surface area contributed by atoms with Crippen LogP contribution in [0.4, 0.5) is 0 Å². The molecule has 50 heavy (non-hydrogen) atoms. The van der Waals surface area contributed by atoms with Gasteiger partial charge in [-0.3, -0.25) is 9.59 Å². The Morgan fingerprint density at radius 3 is 2.02 bits per heavy atom. The molecule has 0 radical (unpaired) electrons. The lowest BCUT2D eigenvalue weighted by Crippen LogP contribution is -2.30. The highest BCUT2D eigenvalue weighted by Crippen LogP contribution is 2.52. The number of hydrogen-bond donors (Lipinski definition) is 3. The first kappa shape index (κ1) is 32.4. The first-order valence-corrected chi connectivity index (χ1v) is 16.0. The zero-order valence-corrected chi connectivity index (χ0v) is 27.9. The minimum Gasteiger partial charge on any atom is -0.508 e. The Morgan fingerprint density at radius 2 is 1.38 bits per heavy atom. The van der Waals surface area contributed by atoms with E-state index >= 15 is 0 Å². The first-order valence-electron chi connectivity index (χ1n) is 16.0. The first-order chi connectivity index (χ1) is 24.3. The summed E-state index contributed by atoms with van der Waals surface area (Å²) in [7, 11) is 6.09. The molecule has 3 N–H and O–H groups in total. The van der Waals surface area contributed by atoms with Crippen LogP contribution in [0.5, 0.6) is 46.0 Å². The van der Waals surface area contributed by atoms with Crippen molar-refractivity contribution >= 4 is 5.91 Å². The molecule has 0 spiro atoms. The molecule has 10 heteroatoms. The van der Waals surface area contributed by atoms with Crippen LogP contribution >= 0.6 is 0 Å². The number of rotatable bonds is 7. The van der Waals surface area contributed by atoms with Gasteiger partial charge in [-0.2, -0.15) is 0 Å². The molecule has 0 saturated heterocycles. The number of aryl methyl sites for hydroxylation is 1. The minimum absolute atomic E-state index is 0.0274. The summed E-state index contributed by atoms with van der Waals surface area (Å²) in [5, 5.41) is 23.8. The van der Waals surface area contributed by atoms with E-state index in [-0.39, 0.29) is 28.6 Å². The maximum atomic E-state index is 14.5. The van der Waals surface area contributed by atoms with E-state index in [0.717, 1.165) is 22.3 Å². The molecule has 1 unspecified atom stereocenters. The van der Waals surface area contributed by atoms with Crippen LogP contribution in [0.3, 0.4) is 0 Å². The Labute approximate surface area is 288 Å². The Kier molecular flexibility index (Phi) is 8.45. The number of benzene rings is 4. The fourth-order valence-electron chi connectivity index (χ4n) is 7.13. The predicted octanol–water partition coefficient (Wildman–Crippen LogP) is 6.86. The molecule has 7 rings (SSSR count). The van der Waals surface area contributed by atoms with E-state index in [2.05, 4.69) is 5.32 Å². The molecule has 0 saturated carbocycles. The van der Waals surface area contributed by atoms with Gasteiger partial charge in [0.25, 0.3) is 5.91 Å². The molecule has 1 amide bonds. The highest BCUT2D eigenvalue weighted by atomic mass is 16.5. The van der Waals surface area contributed by atoms with Gasteiger partial charge in [0.2, 0.25) is 11.2 Å². The number of aromatic hydroxyl groups is 2. The molecule has 0 bridgehead atoms. The third kappa shape index (κ3) is 5.48. The summed E-state index contributed by atoms with van der Waals surface area (Å²) in [6.45, 7) is 0. The zero-order chi connectivity index (χ0) is 35.1. The molecule has 0 fully saturated rings. The maximum Gasteiger partial charge on any atom is 0.252 e. The number of hydrogen-bond acceptors (Lipinski definition) is 9. The second-order valence-electron chi connectivity index (χ2n) is 12.1. The third-order valence-electron chi connectivity index (χ3n) is 9.38. The lowest BCUT2D eigenvalue weighted by molar-refractivity contribution is 0.0933. The lowest BCUT2D eigenvalue weighted by Gasteiger charge is -2.30. The normalized spacial score (nSPS) is 14.4. The molecule has 1 atom stereocenters. The van der Waals surface area contributed by atoms with Gasteiger partial charge in [-0.15, -0.1) is 0 Å². The predicted molar refractivity (Wildman–Crippen MR) is 187 cm³/mol. The number of phenolic OH excluding ortho intramolecular Hbond substituents is 2. The molecule has 1 aliphatic heterocycles. The van der Waals surface area contributed by atoms with E-state index in [1.165, 1.54) is 32.4 Å². The van der Waals surface area contributed by atoms with Crippen LogP contribution in [0, 0.1) is 0 Å². The summed E-state index contributed by atoms with van der Waals surface area (Å²) in [4.78, 5) is 27.9. The Morgan fingerprint density at radius 1 is 0.720 bits per heavy atom. The highest BCUT2D eigenvalue weighted by molar-refractivity contribution is 5.97. The van der Waals surface area contributed by atoms with Gasteiger partial charge in [0.1, 0.15) is 23.0 Å². The molecule has 254 valence electrons. The van der Waals surface area contributed by atoms with Crippen molar-refractivity contribution in [3.8, 4) is 57.1 Å². The molecule has 1 aliphatic carbocycles. The van der Waals surface area contributed by atoms with Crippen molar-refractivity contribution in [3.05, 3.63) is 129 Å². The van der Waals surface area contributed by atoms with Crippen molar-refractivity contribution in [3.63, 3.8) is 0 Å². The molecule has 5 aromatic carbocycles. The highest BCUT2D eigenvalue weighted by Gasteiger charge is 2.34.